The lowest BCUT2D eigenvalue weighted by Crippen LogP contribution is -2.50. The van der Waals surface area contributed by atoms with E-state index in [-0.39, 0.29) is 6.10 Å². The van der Waals surface area contributed by atoms with Gasteiger partial charge in [-0.15, -0.1) is 0 Å². The number of hydrogen-bond donors (Lipinski definition) is 1. The maximum atomic E-state index is 12.3. The van der Waals surface area contributed by atoms with Gasteiger partial charge >= 0.3 is 0 Å². The fraction of sp³-hybridized carbons (Fsp3) is 0.885. The van der Waals surface area contributed by atoms with E-state index in [1.54, 1.807) is 5.57 Å². The summed E-state index contributed by atoms with van der Waals surface area (Å²) in [6.45, 7) is 9.40. The van der Waals surface area contributed by atoms with E-state index in [0.29, 0.717) is 22.5 Å². The maximum absolute atomic E-state index is 12.3. The van der Waals surface area contributed by atoms with E-state index in [1.165, 1.54) is 38.5 Å². The van der Waals surface area contributed by atoms with Gasteiger partial charge < -0.3 is 5.11 Å². The molecule has 0 aromatic heterocycles. The van der Waals surface area contributed by atoms with Crippen LogP contribution in [0.3, 0.4) is 0 Å². The smallest absolute Gasteiger partial charge is 0.133 e. The molecule has 158 valence electrons. The number of rotatable bonds is 5. The second-order valence-corrected chi connectivity index (χ2v) is 11.7. The number of carbonyl (C=O) groups is 1. The second-order valence-electron chi connectivity index (χ2n) is 11.7. The first-order valence-corrected chi connectivity index (χ1v) is 12.1. The van der Waals surface area contributed by atoms with E-state index in [0.717, 1.165) is 55.8 Å². The zero-order valence-electron chi connectivity index (χ0n) is 18.7. The first-order valence-electron chi connectivity index (χ1n) is 12.1. The first kappa shape index (κ1) is 20.6. The Morgan fingerprint density at radius 2 is 1.93 bits per heavy atom. The quantitative estimate of drug-likeness (QED) is 0.561. The molecule has 0 radical (unpaired) electrons. The van der Waals surface area contributed by atoms with Gasteiger partial charge in [-0.3, -0.25) is 4.79 Å². The summed E-state index contributed by atoms with van der Waals surface area (Å²) in [5.41, 5.74) is 2.37. The van der Waals surface area contributed by atoms with E-state index >= 15 is 0 Å². The third kappa shape index (κ3) is 3.42. The fourth-order valence-corrected chi connectivity index (χ4v) is 8.12. The molecule has 3 fully saturated rings. The van der Waals surface area contributed by atoms with Crippen LogP contribution in [0.5, 0.6) is 0 Å². The van der Waals surface area contributed by atoms with Crippen molar-refractivity contribution < 1.29 is 9.90 Å². The lowest BCUT2D eigenvalue weighted by atomic mass is 9.47. The number of carbonyl (C=O) groups excluding carboxylic acids is 1. The molecule has 1 N–H and O–H groups in total. The average molecular weight is 387 g/mol. The van der Waals surface area contributed by atoms with Gasteiger partial charge in [0.15, 0.2) is 0 Å². The van der Waals surface area contributed by atoms with Crippen LogP contribution in [0, 0.1) is 40.4 Å². The molecule has 28 heavy (non-hydrogen) atoms. The van der Waals surface area contributed by atoms with Gasteiger partial charge in [-0.1, -0.05) is 39.3 Å². The van der Waals surface area contributed by atoms with Gasteiger partial charge in [0.05, 0.1) is 6.10 Å². The highest BCUT2D eigenvalue weighted by Gasteiger charge is 2.58. The predicted octanol–water partition coefficient (Wildman–Crippen LogP) is 6.32. The Balaban J connectivity index is 1.47. The lowest BCUT2D eigenvalue weighted by Gasteiger charge is -2.58. The van der Waals surface area contributed by atoms with Gasteiger partial charge in [-0.2, -0.15) is 0 Å². The Bertz CT molecular complexity index is 634. The highest BCUT2D eigenvalue weighted by Crippen LogP contribution is 2.66. The number of fused-ring (bicyclic) bond motifs is 5. The average Bonchev–Trinajstić information content (AvgIpc) is 2.96. The summed E-state index contributed by atoms with van der Waals surface area (Å²) in [5.74, 6) is 4.22. The molecule has 3 saturated carbocycles. The van der Waals surface area contributed by atoms with Crippen LogP contribution in [-0.2, 0) is 4.79 Å². The molecule has 0 spiro atoms. The van der Waals surface area contributed by atoms with Crippen molar-refractivity contribution in [2.24, 2.45) is 40.4 Å². The molecule has 0 aromatic rings. The molecule has 4 rings (SSSR count). The van der Waals surface area contributed by atoms with Crippen molar-refractivity contribution in [2.45, 2.75) is 104 Å². The summed E-state index contributed by atoms with van der Waals surface area (Å²) in [4.78, 5) is 12.3. The Hall–Kier alpha value is -0.630. The minimum absolute atomic E-state index is 0.107. The Morgan fingerprint density at radius 1 is 1.14 bits per heavy atom. The molecule has 0 bridgehead atoms. The van der Waals surface area contributed by atoms with Crippen molar-refractivity contribution in [3.05, 3.63) is 11.6 Å². The number of aliphatic hydroxyl groups is 1. The number of aliphatic hydroxyl groups excluding tert-OH is 1. The zero-order chi connectivity index (χ0) is 20.1. The van der Waals surface area contributed by atoms with Crippen LogP contribution < -0.4 is 0 Å². The second kappa shape index (κ2) is 7.56. The van der Waals surface area contributed by atoms with Crippen LogP contribution >= 0.6 is 0 Å². The molecule has 2 heteroatoms. The van der Waals surface area contributed by atoms with Crippen molar-refractivity contribution in [3.63, 3.8) is 0 Å². The van der Waals surface area contributed by atoms with Crippen LogP contribution in [0.15, 0.2) is 11.6 Å². The summed E-state index contributed by atoms with van der Waals surface area (Å²) in [6, 6.07) is 0. The third-order valence-corrected chi connectivity index (χ3v) is 9.68. The van der Waals surface area contributed by atoms with E-state index in [4.69, 9.17) is 0 Å². The molecule has 0 aliphatic heterocycles. The fourth-order valence-electron chi connectivity index (χ4n) is 8.12. The number of allylic oxidation sites excluding steroid dienone is 1. The highest BCUT2D eigenvalue weighted by atomic mass is 16.3. The van der Waals surface area contributed by atoms with Gasteiger partial charge in [0.2, 0.25) is 0 Å². The first-order chi connectivity index (χ1) is 13.2. The molecule has 5 unspecified atom stereocenters. The summed E-state index contributed by atoms with van der Waals surface area (Å²) in [6.07, 6.45) is 14.9. The van der Waals surface area contributed by atoms with Gasteiger partial charge in [0, 0.05) is 12.8 Å². The predicted molar refractivity (Wildman–Crippen MR) is 115 cm³/mol. The topological polar surface area (TPSA) is 37.3 Å². The summed E-state index contributed by atoms with van der Waals surface area (Å²) in [7, 11) is 0. The molecule has 0 amide bonds. The number of hydrogen-bond acceptors (Lipinski definition) is 2. The summed E-state index contributed by atoms with van der Waals surface area (Å²) >= 11 is 0. The van der Waals surface area contributed by atoms with Gasteiger partial charge in [-0.05, 0) is 98.2 Å². The van der Waals surface area contributed by atoms with E-state index in [2.05, 4.69) is 33.8 Å². The van der Waals surface area contributed by atoms with Crippen LogP contribution in [0.2, 0.25) is 0 Å². The van der Waals surface area contributed by atoms with Crippen molar-refractivity contribution in [2.75, 3.05) is 0 Å². The van der Waals surface area contributed by atoms with E-state index < -0.39 is 0 Å². The highest BCUT2D eigenvalue weighted by molar-refractivity contribution is 5.78. The maximum Gasteiger partial charge on any atom is 0.133 e. The Kier molecular flexibility index (Phi) is 5.57. The van der Waals surface area contributed by atoms with Crippen molar-refractivity contribution in [1.82, 2.24) is 0 Å². The SMILES string of the molecule is CC(C)CC(=O)CC[C@H]1CCC2C3CC=C4CC(O)CCC4(C)C3CC[C@@]21C. The third-order valence-electron chi connectivity index (χ3n) is 9.68. The largest absolute Gasteiger partial charge is 0.393 e. The summed E-state index contributed by atoms with van der Waals surface area (Å²) < 4.78 is 0. The van der Waals surface area contributed by atoms with Crippen LogP contribution in [-0.4, -0.2) is 17.0 Å². The van der Waals surface area contributed by atoms with Gasteiger partial charge in [0.25, 0.3) is 0 Å². The van der Waals surface area contributed by atoms with Crippen LogP contribution in [0.1, 0.15) is 98.3 Å². The van der Waals surface area contributed by atoms with E-state index in [1.807, 2.05) is 0 Å². The Labute approximate surface area is 172 Å². The molecule has 0 saturated heterocycles. The molecule has 7 atom stereocenters. The van der Waals surface area contributed by atoms with Crippen molar-refractivity contribution in [1.29, 1.82) is 0 Å². The molecule has 0 heterocycles. The monoisotopic (exact) mass is 386 g/mol. The Morgan fingerprint density at radius 3 is 2.68 bits per heavy atom. The molecule has 0 aromatic carbocycles. The van der Waals surface area contributed by atoms with Crippen molar-refractivity contribution >= 4 is 5.78 Å². The molecule has 4 aliphatic carbocycles. The molecule has 2 nitrogen and oxygen atoms in total. The molecular weight excluding hydrogens is 344 g/mol. The van der Waals surface area contributed by atoms with E-state index in [9.17, 15) is 9.90 Å². The normalized spacial score (nSPS) is 45.2. The minimum atomic E-state index is -0.107. The van der Waals surface area contributed by atoms with Gasteiger partial charge in [0.1, 0.15) is 5.78 Å². The zero-order valence-corrected chi connectivity index (χ0v) is 18.7. The molecular formula is C26H42O2. The lowest BCUT2D eigenvalue weighted by molar-refractivity contribution is -0.120. The number of ketones is 1. The summed E-state index contributed by atoms with van der Waals surface area (Å²) in [5, 5.41) is 10.2. The van der Waals surface area contributed by atoms with Crippen LogP contribution in [0.4, 0.5) is 0 Å². The van der Waals surface area contributed by atoms with Gasteiger partial charge in [-0.25, -0.2) is 0 Å². The molecule has 4 aliphatic rings. The van der Waals surface area contributed by atoms with Crippen LogP contribution in [0.25, 0.3) is 0 Å². The minimum Gasteiger partial charge on any atom is -0.393 e. The number of Topliss-reactive ketones (excluding diaryl/α,β-unsaturated/α-hetero) is 1. The standard InChI is InChI=1S/C26H42O2/c1-17(2)15-20(27)8-5-18-7-10-23-22-9-6-19-16-21(28)11-13-26(19,4)24(22)12-14-25(18,23)3/h6,17-18,21-24,28H,5,7-16H2,1-4H3/t18-,21?,22?,23?,24?,25+,26?/m0/s1. The van der Waals surface area contributed by atoms with Crippen molar-refractivity contribution in [3.8, 4) is 0 Å².